The highest BCUT2D eigenvalue weighted by atomic mass is 32.2. The Morgan fingerprint density at radius 2 is 2.09 bits per heavy atom. The van der Waals surface area contributed by atoms with Crippen LogP contribution in [0.5, 0.6) is 0 Å². The van der Waals surface area contributed by atoms with E-state index < -0.39 is 0 Å². The summed E-state index contributed by atoms with van der Waals surface area (Å²) in [5.74, 6) is 0.132. The number of hydrogen-bond donors (Lipinski definition) is 1. The van der Waals surface area contributed by atoms with Gasteiger partial charge in [-0.25, -0.2) is 0 Å². The zero-order chi connectivity index (χ0) is 8.69. The average molecular weight is 177 g/mol. The average Bonchev–Trinajstić information content (AvgIpc) is 2.04. The van der Waals surface area contributed by atoms with Crippen molar-refractivity contribution < 1.29 is 14.3 Å². The van der Waals surface area contributed by atoms with E-state index in [0.29, 0.717) is 5.75 Å². The predicted molar refractivity (Wildman–Crippen MR) is 43.4 cm³/mol. The number of hydrogen-bond acceptors (Lipinski definition) is 4. The van der Waals surface area contributed by atoms with Gasteiger partial charge in [-0.1, -0.05) is 0 Å². The summed E-state index contributed by atoms with van der Waals surface area (Å²) in [5.41, 5.74) is 0. The molecule has 0 spiro atoms. The summed E-state index contributed by atoms with van der Waals surface area (Å²) in [6, 6.07) is 0. The van der Waals surface area contributed by atoms with Gasteiger partial charge in [0.15, 0.2) is 0 Å². The van der Waals surface area contributed by atoms with Crippen molar-refractivity contribution in [1.29, 1.82) is 0 Å². The lowest BCUT2D eigenvalue weighted by Gasteiger charge is -1.98. The molecule has 0 heterocycles. The van der Waals surface area contributed by atoms with Crippen molar-refractivity contribution in [2.24, 2.45) is 0 Å². The molecule has 0 saturated heterocycles. The number of esters is 1. The highest BCUT2D eigenvalue weighted by Gasteiger charge is 2.02. The van der Waals surface area contributed by atoms with Crippen molar-refractivity contribution in [2.45, 2.75) is 0 Å². The van der Waals surface area contributed by atoms with Crippen molar-refractivity contribution >= 4 is 23.6 Å². The number of nitrogens with one attached hydrogen (secondary N) is 1. The third-order valence-corrected chi connectivity index (χ3v) is 1.87. The van der Waals surface area contributed by atoms with Crippen molar-refractivity contribution in [3.05, 3.63) is 0 Å². The Bertz CT molecular complexity index is 133. The highest BCUT2D eigenvalue weighted by Crippen LogP contribution is 1.98. The van der Waals surface area contributed by atoms with E-state index in [0.717, 1.165) is 0 Å². The lowest BCUT2D eigenvalue weighted by molar-refractivity contribution is -0.137. The van der Waals surface area contributed by atoms with E-state index >= 15 is 0 Å². The van der Waals surface area contributed by atoms with E-state index in [4.69, 9.17) is 0 Å². The predicted octanol–water partition coefficient (Wildman–Crippen LogP) is -0.361. The van der Waals surface area contributed by atoms with Crippen LogP contribution < -0.4 is 5.32 Å². The maximum atomic E-state index is 10.6. The van der Waals surface area contributed by atoms with Gasteiger partial charge in [-0.05, 0) is 0 Å². The van der Waals surface area contributed by atoms with Gasteiger partial charge in [0.1, 0.15) is 0 Å². The summed E-state index contributed by atoms with van der Waals surface area (Å²) in [4.78, 5) is 21.1. The lowest BCUT2D eigenvalue weighted by Crippen LogP contribution is -2.20. The van der Waals surface area contributed by atoms with Crippen molar-refractivity contribution in [3.8, 4) is 0 Å². The molecule has 1 amide bonds. The monoisotopic (exact) mass is 177 g/mol. The standard InChI is InChI=1S/C6H11NO3S/c1-7-5(8)3-11-4-6(9)10-2/h3-4H2,1-2H3,(H,7,8). The molecule has 5 heteroatoms. The van der Waals surface area contributed by atoms with Crippen LogP contribution in [-0.2, 0) is 14.3 Å². The van der Waals surface area contributed by atoms with Crippen molar-refractivity contribution in [1.82, 2.24) is 5.32 Å². The maximum Gasteiger partial charge on any atom is 0.315 e. The van der Waals surface area contributed by atoms with Crippen LogP contribution >= 0.6 is 11.8 Å². The highest BCUT2D eigenvalue weighted by molar-refractivity contribution is 8.00. The minimum Gasteiger partial charge on any atom is -0.468 e. The topological polar surface area (TPSA) is 55.4 Å². The molecule has 4 nitrogen and oxygen atoms in total. The molecule has 11 heavy (non-hydrogen) atoms. The molecule has 0 atom stereocenters. The van der Waals surface area contributed by atoms with Gasteiger partial charge in [-0.2, -0.15) is 0 Å². The van der Waals surface area contributed by atoms with Crippen LogP contribution in [0.25, 0.3) is 0 Å². The normalized spacial score (nSPS) is 8.91. The maximum absolute atomic E-state index is 10.6. The molecule has 0 fully saturated rings. The molecule has 64 valence electrons. The molecule has 0 saturated carbocycles. The Labute approximate surface area is 69.7 Å². The Hall–Kier alpha value is -0.710. The van der Waals surface area contributed by atoms with E-state index in [-0.39, 0.29) is 17.6 Å². The molecule has 0 unspecified atom stereocenters. The van der Waals surface area contributed by atoms with E-state index in [1.165, 1.54) is 18.9 Å². The fraction of sp³-hybridized carbons (Fsp3) is 0.667. The minimum atomic E-state index is -0.307. The number of rotatable bonds is 4. The van der Waals surface area contributed by atoms with Gasteiger partial charge in [0.05, 0.1) is 18.6 Å². The van der Waals surface area contributed by atoms with E-state index in [1.54, 1.807) is 7.05 Å². The molecular weight excluding hydrogens is 166 g/mol. The second kappa shape index (κ2) is 6.03. The van der Waals surface area contributed by atoms with Crippen LogP contribution in [0.1, 0.15) is 0 Å². The van der Waals surface area contributed by atoms with Crippen molar-refractivity contribution in [2.75, 3.05) is 25.7 Å². The van der Waals surface area contributed by atoms with E-state index in [9.17, 15) is 9.59 Å². The third kappa shape index (κ3) is 5.72. The lowest BCUT2D eigenvalue weighted by atomic mass is 10.7. The van der Waals surface area contributed by atoms with Crippen LogP contribution in [-0.4, -0.2) is 37.5 Å². The fourth-order valence-electron chi connectivity index (χ4n) is 0.358. The third-order valence-electron chi connectivity index (χ3n) is 0.960. The zero-order valence-electron chi connectivity index (χ0n) is 6.55. The molecule has 0 radical (unpaired) electrons. The number of ether oxygens (including phenoxy) is 1. The Morgan fingerprint density at radius 3 is 2.55 bits per heavy atom. The Kier molecular flexibility index (Phi) is 5.64. The molecule has 0 aliphatic carbocycles. The minimum absolute atomic E-state index is 0.0843. The first-order valence-electron chi connectivity index (χ1n) is 3.06. The van der Waals surface area contributed by atoms with Crippen LogP contribution in [0.4, 0.5) is 0 Å². The van der Waals surface area contributed by atoms with Crippen molar-refractivity contribution in [3.63, 3.8) is 0 Å². The molecule has 0 aliphatic heterocycles. The summed E-state index contributed by atoms with van der Waals surface area (Å²) in [5, 5.41) is 2.44. The summed E-state index contributed by atoms with van der Waals surface area (Å²) < 4.78 is 4.37. The van der Waals surface area contributed by atoms with Gasteiger partial charge < -0.3 is 10.1 Å². The molecule has 0 rings (SSSR count). The first-order valence-corrected chi connectivity index (χ1v) is 4.21. The van der Waals surface area contributed by atoms with E-state index in [1.807, 2.05) is 0 Å². The summed E-state index contributed by atoms with van der Waals surface area (Å²) in [6.45, 7) is 0. The summed E-state index contributed by atoms with van der Waals surface area (Å²) in [7, 11) is 2.88. The van der Waals surface area contributed by atoms with Crippen LogP contribution in [0.3, 0.4) is 0 Å². The zero-order valence-corrected chi connectivity index (χ0v) is 7.36. The second-order valence-electron chi connectivity index (χ2n) is 1.74. The Balaban J connectivity index is 3.27. The molecule has 0 aromatic rings. The number of carbonyl (C=O) groups excluding carboxylic acids is 2. The fourth-order valence-corrected chi connectivity index (χ4v) is 1.07. The molecule has 1 N–H and O–H groups in total. The number of carbonyl (C=O) groups is 2. The van der Waals surface area contributed by atoms with Crippen LogP contribution in [0.2, 0.25) is 0 Å². The molecule has 0 aliphatic rings. The van der Waals surface area contributed by atoms with Gasteiger partial charge >= 0.3 is 5.97 Å². The van der Waals surface area contributed by atoms with Gasteiger partial charge in [0.2, 0.25) is 5.91 Å². The Morgan fingerprint density at radius 1 is 1.45 bits per heavy atom. The first kappa shape index (κ1) is 10.3. The van der Waals surface area contributed by atoms with Gasteiger partial charge in [-0.15, -0.1) is 11.8 Å². The molecule has 0 aromatic heterocycles. The molecular formula is C6H11NO3S. The van der Waals surface area contributed by atoms with Crippen LogP contribution in [0, 0.1) is 0 Å². The molecule has 0 aromatic carbocycles. The number of methoxy groups -OCH3 is 1. The smallest absolute Gasteiger partial charge is 0.315 e. The number of amides is 1. The summed E-state index contributed by atoms with van der Waals surface area (Å²) >= 11 is 1.23. The quantitative estimate of drug-likeness (QED) is 0.596. The largest absolute Gasteiger partial charge is 0.468 e. The van der Waals surface area contributed by atoms with E-state index in [2.05, 4.69) is 10.1 Å². The van der Waals surface area contributed by atoms with Crippen LogP contribution in [0.15, 0.2) is 0 Å². The second-order valence-corrected chi connectivity index (χ2v) is 2.73. The van der Waals surface area contributed by atoms with Gasteiger partial charge in [-0.3, -0.25) is 9.59 Å². The number of thioether (sulfide) groups is 1. The molecule has 0 bridgehead atoms. The first-order chi connectivity index (χ1) is 5.20. The summed E-state index contributed by atoms with van der Waals surface area (Å²) in [6.07, 6.45) is 0. The van der Waals surface area contributed by atoms with Gasteiger partial charge in [0.25, 0.3) is 0 Å². The van der Waals surface area contributed by atoms with Gasteiger partial charge in [0, 0.05) is 7.05 Å². The SMILES string of the molecule is CNC(=O)CSCC(=O)OC.